The van der Waals surface area contributed by atoms with Crippen LogP contribution in [0.3, 0.4) is 0 Å². The topological polar surface area (TPSA) is 33.7 Å². The highest BCUT2D eigenvalue weighted by molar-refractivity contribution is 6.33. The summed E-state index contributed by atoms with van der Waals surface area (Å²) in [5.41, 5.74) is 1.11. The van der Waals surface area contributed by atoms with Gasteiger partial charge in [-0.2, -0.15) is 0 Å². The third-order valence-corrected chi connectivity index (χ3v) is 5.67. The summed E-state index contributed by atoms with van der Waals surface area (Å²) in [4.78, 5) is 2.50. The van der Waals surface area contributed by atoms with E-state index in [0.717, 1.165) is 37.2 Å². The highest BCUT2D eigenvalue weighted by Gasteiger charge is 2.28. The van der Waals surface area contributed by atoms with Crippen molar-refractivity contribution >= 4 is 11.6 Å². The van der Waals surface area contributed by atoms with Crippen LogP contribution < -0.4 is 14.8 Å². The molecule has 23 heavy (non-hydrogen) atoms. The molecule has 0 bridgehead atoms. The van der Waals surface area contributed by atoms with Crippen LogP contribution in [-0.2, 0) is 6.54 Å². The SMILES string of the molecule is COc1ccc(CN2CCC(C3CCCN3)CC2)c(Cl)c1OC. The van der Waals surface area contributed by atoms with Gasteiger partial charge in [-0.05, 0) is 62.9 Å². The smallest absolute Gasteiger partial charge is 0.179 e. The number of nitrogens with one attached hydrogen (secondary N) is 1. The van der Waals surface area contributed by atoms with Gasteiger partial charge in [-0.15, -0.1) is 0 Å². The second-order valence-corrected chi connectivity index (χ2v) is 6.97. The molecule has 1 N–H and O–H groups in total. The summed E-state index contributed by atoms with van der Waals surface area (Å²) in [6, 6.07) is 4.74. The largest absolute Gasteiger partial charge is 0.493 e. The number of ether oxygens (including phenoxy) is 2. The van der Waals surface area contributed by atoms with Crippen LogP contribution >= 0.6 is 11.6 Å². The number of halogens is 1. The first kappa shape index (κ1) is 16.9. The van der Waals surface area contributed by atoms with E-state index >= 15 is 0 Å². The van der Waals surface area contributed by atoms with Crippen molar-refractivity contribution in [2.45, 2.75) is 38.3 Å². The molecule has 2 heterocycles. The van der Waals surface area contributed by atoms with Crippen LogP contribution in [0.2, 0.25) is 5.02 Å². The lowest BCUT2D eigenvalue weighted by Gasteiger charge is -2.35. The Kier molecular flexibility index (Phi) is 5.67. The summed E-state index contributed by atoms with van der Waals surface area (Å²) in [6.45, 7) is 4.37. The molecule has 3 rings (SSSR count). The van der Waals surface area contributed by atoms with Crippen molar-refractivity contribution in [2.24, 2.45) is 5.92 Å². The number of hydrogen-bond donors (Lipinski definition) is 1. The Hall–Kier alpha value is -0.970. The fourth-order valence-corrected chi connectivity index (χ4v) is 4.21. The van der Waals surface area contributed by atoms with Crippen molar-refractivity contribution < 1.29 is 9.47 Å². The van der Waals surface area contributed by atoms with Crippen LogP contribution in [-0.4, -0.2) is 44.8 Å². The molecule has 4 nitrogen and oxygen atoms in total. The van der Waals surface area contributed by atoms with Gasteiger partial charge in [0.1, 0.15) is 0 Å². The second kappa shape index (κ2) is 7.73. The number of benzene rings is 1. The molecule has 0 spiro atoms. The fourth-order valence-electron chi connectivity index (χ4n) is 3.92. The first-order chi connectivity index (χ1) is 11.2. The van der Waals surface area contributed by atoms with E-state index < -0.39 is 0 Å². The molecule has 5 heteroatoms. The van der Waals surface area contributed by atoms with Crippen molar-refractivity contribution in [3.63, 3.8) is 0 Å². The van der Waals surface area contributed by atoms with Crippen LogP contribution in [0.4, 0.5) is 0 Å². The molecule has 128 valence electrons. The first-order valence-corrected chi connectivity index (χ1v) is 8.95. The third kappa shape index (κ3) is 3.76. The maximum absolute atomic E-state index is 6.50. The molecule has 0 saturated carbocycles. The minimum Gasteiger partial charge on any atom is -0.493 e. The molecule has 0 amide bonds. The highest BCUT2D eigenvalue weighted by atomic mass is 35.5. The molecule has 1 atom stereocenters. The van der Waals surface area contributed by atoms with Gasteiger partial charge < -0.3 is 14.8 Å². The predicted octanol–water partition coefficient (Wildman–Crippen LogP) is 3.32. The van der Waals surface area contributed by atoms with E-state index in [1.807, 2.05) is 12.1 Å². The Balaban J connectivity index is 1.60. The highest BCUT2D eigenvalue weighted by Crippen LogP contribution is 2.38. The summed E-state index contributed by atoms with van der Waals surface area (Å²) in [7, 11) is 3.27. The zero-order valence-corrected chi connectivity index (χ0v) is 14.9. The summed E-state index contributed by atoms with van der Waals surface area (Å²) in [6.07, 6.45) is 5.25. The van der Waals surface area contributed by atoms with Gasteiger partial charge in [0, 0.05) is 12.6 Å². The van der Waals surface area contributed by atoms with Crippen molar-refractivity contribution in [3.8, 4) is 11.5 Å². The van der Waals surface area contributed by atoms with Crippen LogP contribution in [0.25, 0.3) is 0 Å². The van der Waals surface area contributed by atoms with E-state index in [2.05, 4.69) is 10.2 Å². The normalized spacial score (nSPS) is 23.2. The minimum absolute atomic E-state index is 0.636. The molecule has 2 fully saturated rings. The molecular weight excluding hydrogens is 312 g/mol. The fraction of sp³-hybridized carbons (Fsp3) is 0.667. The van der Waals surface area contributed by atoms with Gasteiger partial charge in [0.15, 0.2) is 11.5 Å². The van der Waals surface area contributed by atoms with E-state index in [1.165, 1.54) is 32.2 Å². The quantitative estimate of drug-likeness (QED) is 0.893. The molecular formula is C18H27ClN2O2. The Morgan fingerprint density at radius 1 is 1.17 bits per heavy atom. The second-order valence-electron chi connectivity index (χ2n) is 6.59. The number of hydrogen-bond acceptors (Lipinski definition) is 4. The van der Waals surface area contributed by atoms with Gasteiger partial charge in [0.05, 0.1) is 19.2 Å². The number of rotatable bonds is 5. The molecule has 2 saturated heterocycles. The van der Waals surface area contributed by atoms with Crippen molar-refractivity contribution in [1.82, 2.24) is 10.2 Å². The molecule has 1 unspecified atom stereocenters. The van der Waals surface area contributed by atoms with E-state index in [-0.39, 0.29) is 0 Å². The van der Waals surface area contributed by atoms with Crippen LogP contribution in [0.15, 0.2) is 12.1 Å². The van der Waals surface area contributed by atoms with Gasteiger partial charge in [-0.1, -0.05) is 17.7 Å². The molecule has 2 aliphatic heterocycles. The van der Waals surface area contributed by atoms with Gasteiger partial charge in [-0.25, -0.2) is 0 Å². The maximum atomic E-state index is 6.50. The molecule has 0 aliphatic carbocycles. The Morgan fingerprint density at radius 3 is 2.57 bits per heavy atom. The minimum atomic E-state index is 0.636. The lowest BCUT2D eigenvalue weighted by molar-refractivity contribution is 0.157. The Bertz CT molecular complexity index is 524. The van der Waals surface area contributed by atoms with Gasteiger partial charge >= 0.3 is 0 Å². The van der Waals surface area contributed by atoms with Gasteiger partial charge in [-0.3, -0.25) is 4.90 Å². The molecule has 2 aliphatic rings. The van der Waals surface area contributed by atoms with Crippen molar-refractivity contribution in [2.75, 3.05) is 33.9 Å². The number of nitrogens with zero attached hydrogens (tertiary/aromatic N) is 1. The zero-order chi connectivity index (χ0) is 16.2. The summed E-state index contributed by atoms with van der Waals surface area (Å²) in [5.74, 6) is 2.17. The average molecular weight is 339 g/mol. The maximum Gasteiger partial charge on any atom is 0.179 e. The van der Waals surface area contributed by atoms with Crippen LogP contribution in [0, 0.1) is 5.92 Å². The van der Waals surface area contributed by atoms with Gasteiger partial charge in [0.25, 0.3) is 0 Å². The Labute approximate surface area is 144 Å². The standard InChI is InChI=1S/C18H27ClN2O2/c1-22-16-6-5-14(17(19)18(16)23-2)12-21-10-7-13(8-11-21)15-4-3-9-20-15/h5-6,13,15,20H,3-4,7-12H2,1-2H3. The molecule has 1 aromatic carbocycles. The van der Waals surface area contributed by atoms with E-state index in [0.29, 0.717) is 16.5 Å². The van der Waals surface area contributed by atoms with E-state index in [4.69, 9.17) is 21.1 Å². The van der Waals surface area contributed by atoms with Gasteiger partial charge in [0.2, 0.25) is 0 Å². The number of likely N-dealkylation sites (tertiary alicyclic amines) is 1. The van der Waals surface area contributed by atoms with Crippen LogP contribution in [0.5, 0.6) is 11.5 Å². The monoisotopic (exact) mass is 338 g/mol. The predicted molar refractivity (Wildman–Crippen MR) is 93.6 cm³/mol. The summed E-state index contributed by atoms with van der Waals surface area (Å²) in [5, 5.41) is 4.33. The average Bonchev–Trinajstić information content (AvgIpc) is 3.11. The van der Waals surface area contributed by atoms with E-state index in [9.17, 15) is 0 Å². The summed E-state index contributed by atoms with van der Waals surface area (Å²) < 4.78 is 10.7. The van der Waals surface area contributed by atoms with Crippen LogP contribution in [0.1, 0.15) is 31.2 Å². The number of methoxy groups -OCH3 is 2. The lowest BCUT2D eigenvalue weighted by Crippen LogP contribution is -2.40. The lowest BCUT2D eigenvalue weighted by atomic mass is 9.88. The summed E-state index contributed by atoms with van der Waals surface area (Å²) >= 11 is 6.50. The molecule has 1 aromatic rings. The molecule has 0 radical (unpaired) electrons. The van der Waals surface area contributed by atoms with Crippen molar-refractivity contribution in [1.29, 1.82) is 0 Å². The van der Waals surface area contributed by atoms with E-state index in [1.54, 1.807) is 14.2 Å². The number of piperidine rings is 1. The molecule has 0 aromatic heterocycles. The van der Waals surface area contributed by atoms with Crippen molar-refractivity contribution in [3.05, 3.63) is 22.7 Å². The third-order valence-electron chi connectivity index (χ3n) is 5.26. The Morgan fingerprint density at radius 2 is 1.96 bits per heavy atom. The first-order valence-electron chi connectivity index (χ1n) is 8.58. The zero-order valence-electron chi connectivity index (χ0n) is 14.1.